The Morgan fingerprint density at radius 1 is 1.07 bits per heavy atom. The molecule has 1 aliphatic rings. The molecular formula is C21H16F3N3O2. The summed E-state index contributed by atoms with van der Waals surface area (Å²) >= 11 is 0. The van der Waals surface area contributed by atoms with E-state index in [1.165, 1.54) is 24.1 Å². The number of nitrogens with zero attached hydrogens (tertiary/aromatic N) is 2. The molecule has 8 heteroatoms. The number of hydrogen-bond donors (Lipinski definition) is 1. The highest BCUT2D eigenvalue weighted by molar-refractivity contribution is 6.11. The number of anilines is 2. The van der Waals surface area contributed by atoms with Gasteiger partial charge < -0.3 is 10.1 Å². The molecule has 2 heterocycles. The van der Waals surface area contributed by atoms with Crippen LogP contribution in [0.2, 0.25) is 0 Å². The molecule has 29 heavy (non-hydrogen) atoms. The van der Waals surface area contributed by atoms with E-state index in [-0.39, 0.29) is 11.6 Å². The highest BCUT2D eigenvalue weighted by atomic mass is 19.4. The fraction of sp³-hybridized carbons (Fsp3) is 0.143. The second-order valence-electron chi connectivity index (χ2n) is 6.43. The van der Waals surface area contributed by atoms with Gasteiger partial charge in [0.15, 0.2) is 6.17 Å². The summed E-state index contributed by atoms with van der Waals surface area (Å²) in [7, 11) is 1.54. The van der Waals surface area contributed by atoms with E-state index in [2.05, 4.69) is 10.3 Å². The molecule has 3 aromatic rings. The van der Waals surface area contributed by atoms with Crippen molar-refractivity contribution < 1.29 is 22.7 Å². The highest BCUT2D eigenvalue weighted by Gasteiger charge is 2.39. The fourth-order valence-electron chi connectivity index (χ4n) is 3.27. The topological polar surface area (TPSA) is 54.5 Å². The quantitative estimate of drug-likeness (QED) is 0.679. The molecule has 0 fully saturated rings. The molecule has 0 spiro atoms. The van der Waals surface area contributed by atoms with Crippen molar-refractivity contribution in [2.24, 2.45) is 0 Å². The normalized spacial score (nSPS) is 15.9. The number of methoxy groups -OCH3 is 1. The maximum absolute atomic E-state index is 13.1. The summed E-state index contributed by atoms with van der Waals surface area (Å²) in [6.45, 7) is 0. The number of ether oxygens (including phenoxy) is 1. The summed E-state index contributed by atoms with van der Waals surface area (Å²) in [6.07, 6.45) is -3.67. The Morgan fingerprint density at radius 2 is 1.83 bits per heavy atom. The Hall–Kier alpha value is -3.55. The second-order valence-corrected chi connectivity index (χ2v) is 6.43. The molecule has 1 amide bonds. The summed E-state index contributed by atoms with van der Waals surface area (Å²) < 4.78 is 44.4. The van der Waals surface area contributed by atoms with Gasteiger partial charge in [0.25, 0.3) is 5.91 Å². The fourth-order valence-corrected chi connectivity index (χ4v) is 3.27. The predicted molar refractivity (Wildman–Crippen MR) is 102 cm³/mol. The Bertz CT molecular complexity index is 1050. The molecule has 0 bridgehead atoms. The van der Waals surface area contributed by atoms with E-state index in [1.807, 2.05) is 0 Å². The largest absolute Gasteiger partial charge is 0.497 e. The van der Waals surface area contributed by atoms with Crippen LogP contribution in [0, 0.1) is 0 Å². The molecule has 1 atom stereocenters. The van der Waals surface area contributed by atoms with Gasteiger partial charge in [0.1, 0.15) is 5.75 Å². The third-order valence-electron chi connectivity index (χ3n) is 4.65. The SMILES string of the molecule is COc1ccc(N2C(=O)c3cccnc3C2Nc2cccc(C(F)(F)F)c2)cc1. The Morgan fingerprint density at radius 3 is 2.52 bits per heavy atom. The number of nitrogens with one attached hydrogen (secondary N) is 1. The number of pyridine rings is 1. The van der Waals surface area contributed by atoms with E-state index in [0.717, 1.165) is 12.1 Å². The molecule has 1 aromatic heterocycles. The molecule has 0 saturated heterocycles. The van der Waals surface area contributed by atoms with Crippen LogP contribution in [0.4, 0.5) is 24.5 Å². The van der Waals surface area contributed by atoms with Gasteiger partial charge in [-0.05, 0) is 54.6 Å². The number of benzene rings is 2. The van der Waals surface area contributed by atoms with Gasteiger partial charge in [-0.2, -0.15) is 13.2 Å². The van der Waals surface area contributed by atoms with Gasteiger partial charge in [-0.15, -0.1) is 0 Å². The van der Waals surface area contributed by atoms with Crippen LogP contribution in [-0.2, 0) is 6.18 Å². The monoisotopic (exact) mass is 399 g/mol. The zero-order valence-electron chi connectivity index (χ0n) is 15.3. The number of fused-ring (bicyclic) bond motifs is 1. The number of amides is 1. The van der Waals surface area contributed by atoms with Crippen LogP contribution < -0.4 is 15.0 Å². The average Bonchev–Trinajstić information content (AvgIpc) is 3.00. The molecule has 0 radical (unpaired) electrons. The molecule has 0 saturated carbocycles. The summed E-state index contributed by atoms with van der Waals surface area (Å²) in [4.78, 5) is 18.8. The maximum atomic E-state index is 13.1. The number of hydrogen-bond acceptors (Lipinski definition) is 4. The van der Waals surface area contributed by atoms with Crippen molar-refractivity contribution in [1.29, 1.82) is 0 Å². The van der Waals surface area contributed by atoms with Gasteiger partial charge in [0.05, 0.1) is 23.9 Å². The zero-order valence-corrected chi connectivity index (χ0v) is 15.3. The van der Waals surface area contributed by atoms with Gasteiger partial charge in [0.2, 0.25) is 0 Å². The van der Waals surface area contributed by atoms with Crippen LogP contribution in [0.1, 0.15) is 27.8 Å². The number of rotatable bonds is 4. The molecule has 1 unspecified atom stereocenters. The van der Waals surface area contributed by atoms with Crippen molar-refractivity contribution in [3.63, 3.8) is 0 Å². The molecule has 2 aromatic carbocycles. The first-order valence-corrected chi connectivity index (χ1v) is 8.75. The van der Waals surface area contributed by atoms with Gasteiger partial charge >= 0.3 is 6.18 Å². The summed E-state index contributed by atoms with van der Waals surface area (Å²) in [5.74, 6) is 0.334. The van der Waals surface area contributed by atoms with E-state index in [4.69, 9.17) is 4.74 Å². The molecular weight excluding hydrogens is 383 g/mol. The van der Waals surface area contributed by atoms with Gasteiger partial charge in [-0.3, -0.25) is 14.7 Å². The second kappa shape index (κ2) is 7.12. The third kappa shape index (κ3) is 3.49. The van der Waals surface area contributed by atoms with E-state index < -0.39 is 17.9 Å². The lowest BCUT2D eigenvalue weighted by molar-refractivity contribution is -0.137. The highest BCUT2D eigenvalue weighted by Crippen LogP contribution is 2.38. The molecule has 1 aliphatic heterocycles. The van der Waals surface area contributed by atoms with Crippen LogP contribution in [0.5, 0.6) is 5.75 Å². The standard InChI is InChI=1S/C21H16F3N3O2/c1-29-16-9-7-15(8-10-16)27-19(18-17(20(27)28)6-3-11-25-18)26-14-5-2-4-13(12-14)21(22,23)24/h2-12,19,26H,1H3. The van der Waals surface area contributed by atoms with Gasteiger partial charge in [-0.25, -0.2) is 0 Å². The predicted octanol–water partition coefficient (Wildman–Crippen LogP) is 4.88. The summed E-state index contributed by atoms with van der Waals surface area (Å²) in [5.41, 5.74) is 0.871. The molecule has 5 nitrogen and oxygen atoms in total. The van der Waals surface area contributed by atoms with Crippen molar-refractivity contribution in [3.05, 3.63) is 83.7 Å². The number of carbonyl (C=O) groups excluding carboxylic acids is 1. The lowest BCUT2D eigenvalue weighted by Crippen LogP contribution is -2.32. The minimum atomic E-state index is -4.46. The molecule has 148 valence electrons. The number of carbonyl (C=O) groups is 1. The minimum absolute atomic E-state index is 0.231. The number of aromatic nitrogens is 1. The van der Waals surface area contributed by atoms with Gasteiger partial charge in [-0.1, -0.05) is 6.07 Å². The smallest absolute Gasteiger partial charge is 0.416 e. The lowest BCUT2D eigenvalue weighted by atomic mass is 10.1. The summed E-state index contributed by atoms with van der Waals surface area (Å²) in [6, 6.07) is 15.0. The number of alkyl halides is 3. The first-order valence-electron chi connectivity index (χ1n) is 8.75. The van der Waals surface area contributed by atoms with Crippen LogP contribution in [0.15, 0.2) is 66.9 Å². The van der Waals surface area contributed by atoms with E-state index >= 15 is 0 Å². The minimum Gasteiger partial charge on any atom is -0.497 e. The van der Waals surface area contributed by atoms with Crippen molar-refractivity contribution >= 4 is 17.3 Å². The lowest BCUT2D eigenvalue weighted by Gasteiger charge is -2.27. The van der Waals surface area contributed by atoms with Crippen LogP contribution >= 0.6 is 0 Å². The van der Waals surface area contributed by atoms with Crippen molar-refractivity contribution in [1.82, 2.24) is 4.98 Å². The van der Waals surface area contributed by atoms with E-state index in [9.17, 15) is 18.0 Å². The van der Waals surface area contributed by atoms with Crippen LogP contribution in [0.3, 0.4) is 0 Å². The van der Waals surface area contributed by atoms with Crippen molar-refractivity contribution in [2.75, 3.05) is 17.3 Å². The van der Waals surface area contributed by atoms with Crippen LogP contribution in [-0.4, -0.2) is 18.0 Å². The van der Waals surface area contributed by atoms with Crippen molar-refractivity contribution in [3.8, 4) is 5.75 Å². The Labute approximate surface area is 164 Å². The van der Waals surface area contributed by atoms with E-state index in [0.29, 0.717) is 22.7 Å². The molecule has 0 aliphatic carbocycles. The molecule has 1 N–H and O–H groups in total. The first-order chi connectivity index (χ1) is 13.9. The third-order valence-corrected chi connectivity index (χ3v) is 4.65. The van der Waals surface area contributed by atoms with Crippen LogP contribution in [0.25, 0.3) is 0 Å². The van der Waals surface area contributed by atoms with E-state index in [1.54, 1.807) is 42.6 Å². The summed E-state index contributed by atoms with van der Waals surface area (Å²) in [5, 5.41) is 3.03. The average molecular weight is 399 g/mol. The van der Waals surface area contributed by atoms with Crippen molar-refractivity contribution in [2.45, 2.75) is 12.3 Å². The van der Waals surface area contributed by atoms with Gasteiger partial charge in [0, 0.05) is 17.6 Å². The zero-order chi connectivity index (χ0) is 20.6. The Balaban J connectivity index is 1.74. The molecule has 4 rings (SSSR count). The first kappa shape index (κ1) is 18.8. The Kier molecular flexibility index (Phi) is 4.62. The maximum Gasteiger partial charge on any atom is 0.416 e. The number of halogens is 3.